The molecule has 1 heterocycles. The Balaban J connectivity index is 1.73. The number of esters is 1. The number of amides is 1. The van der Waals surface area contributed by atoms with E-state index in [2.05, 4.69) is 15.6 Å². The zero-order valence-corrected chi connectivity index (χ0v) is 16.1. The van der Waals surface area contributed by atoms with Crippen LogP contribution in [0.2, 0.25) is 0 Å². The lowest BCUT2D eigenvalue weighted by atomic mass is 10.1. The highest BCUT2D eigenvalue weighted by molar-refractivity contribution is 6.03. The van der Waals surface area contributed by atoms with Crippen LogP contribution in [-0.2, 0) is 4.74 Å². The highest BCUT2D eigenvalue weighted by atomic mass is 16.5. The van der Waals surface area contributed by atoms with Crippen LogP contribution in [0.3, 0.4) is 0 Å². The van der Waals surface area contributed by atoms with Crippen molar-refractivity contribution in [3.05, 3.63) is 78.1 Å². The molecular weight excluding hydrogens is 370 g/mol. The van der Waals surface area contributed by atoms with E-state index in [1.165, 1.54) is 13.3 Å². The summed E-state index contributed by atoms with van der Waals surface area (Å²) in [4.78, 5) is 28.7. The van der Waals surface area contributed by atoms with Crippen LogP contribution in [0.15, 0.2) is 66.9 Å². The minimum atomic E-state index is -0.406. The Morgan fingerprint density at radius 3 is 2.38 bits per heavy atom. The van der Waals surface area contributed by atoms with Gasteiger partial charge in [-0.25, -0.2) is 9.78 Å². The first-order valence-electron chi connectivity index (χ1n) is 9.06. The second kappa shape index (κ2) is 9.36. The Morgan fingerprint density at radius 1 is 0.966 bits per heavy atom. The Kier molecular flexibility index (Phi) is 6.42. The molecule has 0 aliphatic heterocycles. The number of carbonyl (C=O) groups excluding carboxylic acids is 2. The summed E-state index contributed by atoms with van der Waals surface area (Å²) in [5, 5.41) is 5.91. The second-order valence-corrected chi connectivity index (χ2v) is 5.98. The van der Waals surface area contributed by atoms with Crippen molar-refractivity contribution in [2.24, 2.45) is 0 Å². The molecule has 0 aliphatic carbocycles. The largest absolute Gasteiger partial charge is 0.495 e. The SMILES string of the molecule is CCOC(=O)c1ccccc1Nc1ccc(C(=O)Nc2ccccc2OC)nc1. The molecule has 0 fully saturated rings. The summed E-state index contributed by atoms with van der Waals surface area (Å²) in [6.07, 6.45) is 1.53. The zero-order chi connectivity index (χ0) is 20.6. The number of methoxy groups -OCH3 is 1. The molecule has 3 aromatic rings. The second-order valence-electron chi connectivity index (χ2n) is 5.98. The number of hydrogen-bond acceptors (Lipinski definition) is 6. The number of aromatic nitrogens is 1. The van der Waals surface area contributed by atoms with Crippen molar-refractivity contribution in [2.75, 3.05) is 24.4 Å². The van der Waals surface area contributed by atoms with Crippen molar-refractivity contribution in [1.29, 1.82) is 0 Å². The molecule has 0 saturated carbocycles. The summed E-state index contributed by atoms with van der Waals surface area (Å²) in [5.41, 5.74) is 2.47. The van der Waals surface area contributed by atoms with Crippen LogP contribution in [0.4, 0.5) is 17.1 Å². The number of carbonyl (C=O) groups is 2. The standard InChI is InChI=1S/C22H21N3O4/c1-3-29-22(27)16-8-4-5-9-17(16)24-15-12-13-19(23-14-15)21(26)25-18-10-6-7-11-20(18)28-2/h4-14,24H,3H2,1-2H3,(H,25,26). The number of para-hydroxylation sites is 3. The van der Waals surface area contributed by atoms with Gasteiger partial charge in [0, 0.05) is 0 Å². The fourth-order valence-corrected chi connectivity index (χ4v) is 2.67. The van der Waals surface area contributed by atoms with Gasteiger partial charge in [-0.05, 0) is 43.3 Å². The minimum absolute atomic E-state index is 0.250. The molecule has 0 saturated heterocycles. The van der Waals surface area contributed by atoms with Gasteiger partial charge in [0.25, 0.3) is 5.91 Å². The number of ether oxygens (including phenoxy) is 2. The molecule has 0 aliphatic rings. The van der Waals surface area contributed by atoms with E-state index >= 15 is 0 Å². The monoisotopic (exact) mass is 391 g/mol. The topological polar surface area (TPSA) is 89.5 Å². The van der Waals surface area contributed by atoms with Crippen LogP contribution in [0.25, 0.3) is 0 Å². The molecule has 0 radical (unpaired) electrons. The number of nitrogens with zero attached hydrogens (tertiary/aromatic N) is 1. The fraction of sp³-hybridized carbons (Fsp3) is 0.136. The van der Waals surface area contributed by atoms with Gasteiger partial charge in [-0.3, -0.25) is 4.79 Å². The van der Waals surface area contributed by atoms with Crippen molar-refractivity contribution in [3.8, 4) is 5.75 Å². The normalized spacial score (nSPS) is 10.1. The quantitative estimate of drug-likeness (QED) is 0.585. The molecule has 0 unspecified atom stereocenters. The van der Waals surface area contributed by atoms with Crippen LogP contribution in [0.5, 0.6) is 5.75 Å². The summed E-state index contributed by atoms with van der Waals surface area (Å²) in [5.74, 6) is -0.195. The molecule has 0 atom stereocenters. The first kappa shape index (κ1) is 19.9. The fourth-order valence-electron chi connectivity index (χ4n) is 2.67. The minimum Gasteiger partial charge on any atom is -0.495 e. The van der Waals surface area contributed by atoms with Crippen molar-refractivity contribution in [1.82, 2.24) is 4.98 Å². The predicted molar refractivity (Wildman–Crippen MR) is 111 cm³/mol. The van der Waals surface area contributed by atoms with Crippen LogP contribution in [0.1, 0.15) is 27.8 Å². The first-order chi connectivity index (χ1) is 14.1. The maximum atomic E-state index is 12.5. The number of anilines is 3. The van der Waals surface area contributed by atoms with Gasteiger partial charge in [0.15, 0.2) is 0 Å². The van der Waals surface area contributed by atoms with Gasteiger partial charge in [0.05, 0.1) is 42.5 Å². The molecule has 1 aromatic heterocycles. The third-order valence-electron chi connectivity index (χ3n) is 4.05. The van der Waals surface area contributed by atoms with E-state index in [1.807, 2.05) is 12.1 Å². The smallest absolute Gasteiger partial charge is 0.340 e. The molecule has 3 rings (SSSR count). The van der Waals surface area contributed by atoms with Gasteiger partial charge in [-0.15, -0.1) is 0 Å². The van der Waals surface area contributed by atoms with Crippen molar-refractivity contribution >= 4 is 28.9 Å². The lowest BCUT2D eigenvalue weighted by Crippen LogP contribution is -2.14. The molecule has 29 heavy (non-hydrogen) atoms. The van der Waals surface area contributed by atoms with Crippen LogP contribution < -0.4 is 15.4 Å². The molecule has 7 nitrogen and oxygen atoms in total. The van der Waals surface area contributed by atoms with Gasteiger partial charge >= 0.3 is 5.97 Å². The van der Waals surface area contributed by atoms with Crippen LogP contribution >= 0.6 is 0 Å². The summed E-state index contributed by atoms with van der Waals surface area (Å²) < 4.78 is 10.3. The van der Waals surface area contributed by atoms with Crippen molar-refractivity contribution in [2.45, 2.75) is 6.92 Å². The van der Waals surface area contributed by atoms with Gasteiger partial charge in [-0.2, -0.15) is 0 Å². The van der Waals surface area contributed by atoms with Gasteiger partial charge < -0.3 is 20.1 Å². The molecular formula is C22H21N3O4. The van der Waals surface area contributed by atoms with E-state index < -0.39 is 5.97 Å². The Hall–Kier alpha value is -3.87. The Labute approximate surface area is 168 Å². The van der Waals surface area contributed by atoms with Crippen molar-refractivity contribution < 1.29 is 19.1 Å². The van der Waals surface area contributed by atoms with E-state index in [9.17, 15) is 9.59 Å². The molecule has 0 spiro atoms. The molecule has 2 aromatic carbocycles. The van der Waals surface area contributed by atoms with E-state index in [0.717, 1.165) is 0 Å². The first-order valence-corrected chi connectivity index (χ1v) is 9.06. The summed E-state index contributed by atoms with van der Waals surface area (Å²) in [6, 6.07) is 17.5. The molecule has 2 N–H and O–H groups in total. The lowest BCUT2D eigenvalue weighted by Gasteiger charge is -2.12. The van der Waals surface area contributed by atoms with E-state index in [4.69, 9.17) is 9.47 Å². The van der Waals surface area contributed by atoms with Gasteiger partial charge in [0.1, 0.15) is 11.4 Å². The summed E-state index contributed by atoms with van der Waals surface area (Å²) in [7, 11) is 1.54. The molecule has 1 amide bonds. The number of pyridine rings is 1. The number of nitrogens with one attached hydrogen (secondary N) is 2. The zero-order valence-electron chi connectivity index (χ0n) is 16.1. The Morgan fingerprint density at radius 2 is 1.69 bits per heavy atom. The number of benzene rings is 2. The molecule has 7 heteroatoms. The average molecular weight is 391 g/mol. The van der Waals surface area contributed by atoms with E-state index in [-0.39, 0.29) is 11.6 Å². The Bertz CT molecular complexity index is 1000. The average Bonchev–Trinajstić information content (AvgIpc) is 2.75. The predicted octanol–water partition coefficient (Wildman–Crippen LogP) is 4.26. The maximum Gasteiger partial charge on any atom is 0.340 e. The third-order valence-corrected chi connectivity index (χ3v) is 4.05. The highest BCUT2D eigenvalue weighted by Crippen LogP contribution is 2.24. The van der Waals surface area contributed by atoms with E-state index in [0.29, 0.717) is 35.0 Å². The summed E-state index contributed by atoms with van der Waals surface area (Å²) >= 11 is 0. The lowest BCUT2D eigenvalue weighted by molar-refractivity contribution is 0.0527. The van der Waals surface area contributed by atoms with Crippen LogP contribution in [0, 0.1) is 0 Å². The molecule has 0 bridgehead atoms. The maximum absolute atomic E-state index is 12.5. The van der Waals surface area contributed by atoms with Crippen LogP contribution in [-0.4, -0.2) is 30.6 Å². The summed E-state index contributed by atoms with van der Waals surface area (Å²) in [6.45, 7) is 2.05. The molecule has 148 valence electrons. The van der Waals surface area contributed by atoms with Gasteiger partial charge in [-0.1, -0.05) is 24.3 Å². The van der Waals surface area contributed by atoms with Gasteiger partial charge in [0.2, 0.25) is 0 Å². The van der Waals surface area contributed by atoms with E-state index in [1.54, 1.807) is 55.5 Å². The highest BCUT2D eigenvalue weighted by Gasteiger charge is 2.13. The van der Waals surface area contributed by atoms with Crippen molar-refractivity contribution in [3.63, 3.8) is 0 Å². The number of rotatable bonds is 7. The third kappa shape index (κ3) is 4.90. The number of hydrogen-bond donors (Lipinski definition) is 2.